The Bertz CT molecular complexity index is 742. The summed E-state index contributed by atoms with van der Waals surface area (Å²) in [6.45, 7) is 11.8. The lowest BCUT2D eigenvalue weighted by atomic mass is 9.84. The molecule has 2 heterocycles. The molecule has 0 amide bonds. The Morgan fingerprint density at radius 3 is 2.67 bits per heavy atom. The van der Waals surface area contributed by atoms with Crippen LogP contribution in [0.15, 0.2) is 24.7 Å². The van der Waals surface area contributed by atoms with Gasteiger partial charge in [0.2, 0.25) is 0 Å². The van der Waals surface area contributed by atoms with E-state index in [9.17, 15) is 9.90 Å². The van der Waals surface area contributed by atoms with Crippen molar-refractivity contribution >= 4 is 15.0 Å². The molecule has 27 heavy (non-hydrogen) atoms. The molecule has 2 rings (SSSR count). The number of carboxylic acid groups (broad SMARTS) is 1. The third kappa shape index (κ3) is 6.57. The van der Waals surface area contributed by atoms with Crippen LogP contribution in [0, 0.1) is 5.41 Å². The third-order valence-electron chi connectivity index (χ3n) is 4.05. The zero-order chi connectivity index (χ0) is 20.0. The number of H-pyrrole nitrogens is 1. The van der Waals surface area contributed by atoms with E-state index < -0.39 is 15.0 Å². The standard InChI is InChI=1S/C19H30N4O3Si/c1-19(2,3)17(26-27(4)5)13-8-15(23-16(9-13)18(24)25)11-20-7-6-14-10-21-12-22-14/h8-10,12,17,20,27H,6-7,11H2,1-5H3,(H,21,22)(H,24,25). The number of nitrogens with one attached hydrogen (secondary N) is 2. The van der Waals surface area contributed by atoms with Crippen LogP contribution in [0.1, 0.15) is 54.3 Å². The van der Waals surface area contributed by atoms with Crippen molar-refractivity contribution in [2.45, 2.75) is 52.9 Å². The summed E-state index contributed by atoms with van der Waals surface area (Å²) in [5.74, 6) is -1.02. The molecule has 0 spiro atoms. The number of hydrogen-bond donors (Lipinski definition) is 3. The molecule has 8 heteroatoms. The van der Waals surface area contributed by atoms with E-state index in [1.54, 1.807) is 18.6 Å². The minimum atomic E-state index is -1.30. The maximum absolute atomic E-state index is 11.6. The second-order valence-corrected chi connectivity index (χ2v) is 10.4. The van der Waals surface area contributed by atoms with E-state index in [0.29, 0.717) is 12.2 Å². The molecule has 1 atom stereocenters. The first-order valence-electron chi connectivity index (χ1n) is 9.24. The van der Waals surface area contributed by atoms with Gasteiger partial charge in [0, 0.05) is 31.4 Å². The summed E-state index contributed by atoms with van der Waals surface area (Å²) in [4.78, 5) is 22.9. The smallest absolute Gasteiger partial charge is 0.354 e. The minimum absolute atomic E-state index is 0.0566. The maximum Gasteiger partial charge on any atom is 0.354 e. The lowest BCUT2D eigenvalue weighted by Crippen LogP contribution is -2.27. The number of aromatic nitrogens is 3. The number of pyridine rings is 1. The van der Waals surface area contributed by atoms with Gasteiger partial charge in [0.1, 0.15) is 5.69 Å². The highest BCUT2D eigenvalue weighted by atomic mass is 28.3. The Morgan fingerprint density at radius 2 is 2.11 bits per heavy atom. The summed E-state index contributed by atoms with van der Waals surface area (Å²) in [5.41, 5.74) is 2.55. The molecule has 0 aliphatic rings. The van der Waals surface area contributed by atoms with Crippen molar-refractivity contribution in [1.29, 1.82) is 0 Å². The number of rotatable bonds is 9. The number of hydrogen-bond acceptors (Lipinski definition) is 5. The second kappa shape index (κ2) is 9.25. The van der Waals surface area contributed by atoms with Crippen molar-refractivity contribution in [3.63, 3.8) is 0 Å². The van der Waals surface area contributed by atoms with Gasteiger partial charge in [-0.1, -0.05) is 20.8 Å². The minimum Gasteiger partial charge on any atom is -0.477 e. The fraction of sp³-hybridized carbons (Fsp3) is 0.526. The number of carboxylic acids is 1. The van der Waals surface area contributed by atoms with Gasteiger partial charge in [-0.05, 0) is 36.2 Å². The van der Waals surface area contributed by atoms with Crippen LogP contribution in [0.4, 0.5) is 0 Å². The number of imidazole rings is 1. The summed E-state index contributed by atoms with van der Waals surface area (Å²) in [7, 11) is -1.30. The molecule has 0 aliphatic carbocycles. The zero-order valence-corrected chi connectivity index (χ0v) is 17.9. The molecule has 0 fully saturated rings. The van der Waals surface area contributed by atoms with Gasteiger partial charge < -0.3 is 19.8 Å². The Hall–Kier alpha value is -2.03. The molecule has 0 aliphatic heterocycles. The summed E-state index contributed by atoms with van der Waals surface area (Å²) in [6.07, 6.45) is 4.11. The van der Waals surface area contributed by atoms with E-state index in [2.05, 4.69) is 54.1 Å². The van der Waals surface area contributed by atoms with Gasteiger partial charge in [0.25, 0.3) is 0 Å². The van der Waals surface area contributed by atoms with E-state index in [0.717, 1.165) is 24.2 Å². The van der Waals surface area contributed by atoms with Crippen LogP contribution < -0.4 is 5.32 Å². The molecule has 2 aromatic rings. The van der Waals surface area contributed by atoms with E-state index in [4.69, 9.17) is 4.43 Å². The average molecular weight is 391 g/mol. The molecule has 0 saturated carbocycles. The van der Waals surface area contributed by atoms with Gasteiger partial charge in [-0.25, -0.2) is 14.8 Å². The van der Waals surface area contributed by atoms with E-state index in [1.807, 2.05) is 6.07 Å². The summed E-state index contributed by atoms with van der Waals surface area (Å²) < 4.78 is 6.25. The Kier molecular flexibility index (Phi) is 7.29. The fourth-order valence-corrected chi connectivity index (χ4v) is 3.99. The highest BCUT2D eigenvalue weighted by Gasteiger charge is 2.29. The SMILES string of the molecule is C[SiH](C)OC(c1cc(CNCCc2cnc[nH]2)nc(C(=O)O)c1)C(C)(C)C. The molecule has 3 N–H and O–H groups in total. The van der Waals surface area contributed by atoms with Crippen LogP contribution in [-0.4, -0.2) is 41.6 Å². The lowest BCUT2D eigenvalue weighted by molar-refractivity contribution is 0.0686. The Balaban J connectivity index is 2.17. The Labute approximate surface area is 162 Å². The molecule has 0 bridgehead atoms. The van der Waals surface area contributed by atoms with Crippen LogP contribution in [0.2, 0.25) is 13.1 Å². The van der Waals surface area contributed by atoms with Gasteiger partial charge in [-0.15, -0.1) is 0 Å². The third-order valence-corrected chi connectivity index (χ3v) is 4.87. The number of aromatic carboxylic acids is 1. The molecule has 7 nitrogen and oxygen atoms in total. The van der Waals surface area contributed by atoms with E-state index in [-0.39, 0.29) is 17.2 Å². The molecular weight excluding hydrogens is 360 g/mol. The summed E-state index contributed by atoms with van der Waals surface area (Å²) >= 11 is 0. The van der Waals surface area contributed by atoms with Crippen molar-refractivity contribution in [3.8, 4) is 0 Å². The van der Waals surface area contributed by atoms with Crippen LogP contribution in [0.25, 0.3) is 0 Å². The normalized spacial score (nSPS) is 13.1. The van der Waals surface area contributed by atoms with Crippen LogP contribution in [0.5, 0.6) is 0 Å². The fourth-order valence-electron chi connectivity index (χ4n) is 2.88. The van der Waals surface area contributed by atoms with Crippen molar-refractivity contribution in [2.24, 2.45) is 5.41 Å². The molecule has 0 aromatic carbocycles. The molecular formula is C19H30N4O3Si. The van der Waals surface area contributed by atoms with Crippen LogP contribution >= 0.6 is 0 Å². The van der Waals surface area contributed by atoms with Gasteiger partial charge in [0.05, 0.1) is 18.1 Å². The number of aromatic amines is 1. The first-order valence-corrected chi connectivity index (χ1v) is 12.0. The summed E-state index contributed by atoms with van der Waals surface area (Å²) in [5, 5.41) is 12.8. The largest absolute Gasteiger partial charge is 0.477 e. The van der Waals surface area contributed by atoms with E-state index in [1.165, 1.54) is 0 Å². The monoisotopic (exact) mass is 390 g/mol. The molecule has 0 saturated heterocycles. The molecule has 1 unspecified atom stereocenters. The van der Waals surface area contributed by atoms with Gasteiger partial charge in [0.15, 0.2) is 9.04 Å². The Morgan fingerprint density at radius 1 is 1.37 bits per heavy atom. The van der Waals surface area contributed by atoms with Gasteiger partial charge >= 0.3 is 5.97 Å². The lowest BCUT2D eigenvalue weighted by Gasteiger charge is -2.33. The van der Waals surface area contributed by atoms with Crippen molar-refractivity contribution < 1.29 is 14.3 Å². The van der Waals surface area contributed by atoms with Gasteiger partial charge in [-0.3, -0.25) is 0 Å². The van der Waals surface area contributed by atoms with Crippen LogP contribution in [0.3, 0.4) is 0 Å². The molecule has 2 aromatic heterocycles. The molecule has 0 radical (unpaired) electrons. The topological polar surface area (TPSA) is 100 Å². The predicted molar refractivity (Wildman–Crippen MR) is 107 cm³/mol. The van der Waals surface area contributed by atoms with Crippen molar-refractivity contribution in [3.05, 3.63) is 47.3 Å². The quantitative estimate of drug-likeness (QED) is 0.450. The highest BCUT2D eigenvalue weighted by molar-refractivity contribution is 6.48. The first kappa shape index (κ1) is 21.3. The highest BCUT2D eigenvalue weighted by Crippen LogP contribution is 2.37. The zero-order valence-electron chi connectivity index (χ0n) is 16.7. The number of nitrogens with zero attached hydrogens (tertiary/aromatic N) is 2. The predicted octanol–water partition coefficient (Wildman–Crippen LogP) is 2.92. The number of carbonyl (C=O) groups is 1. The van der Waals surface area contributed by atoms with E-state index >= 15 is 0 Å². The summed E-state index contributed by atoms with van der Waals surface area (Å²) in [6, 6.07) is 3.60. The average Bonchev–Trinajstić information content (AvgIpc) is 3.08. The van der Waals surface area contributed by atoms with Crippen molar-refractivity contribution in [1.82, 2.24) is 20.3 Å². The van der Waals surface area contributed by atoms with Gasteiger partial charge in [-0.2, -0.15) is 0 Å². The molecule has 148 valence electrons. The maximum atomic E-state index is 11.6. The first-order chi connectivity index (χ1) is 12.7. The van der Waals surface area contributed by atoms with Crippen LogP contribution in [-0.2, 0) is 17.4 Å². The van der Waals surface area contributed by atoms with Crippen molar-refractivity contribution in [2.75, 3.05) is 6.54 Å². The second-order valence-electron chi connectivity index (χ2n) is 8.02.